The average Bonchev–Trinajstić information content (AvgIpc) is 2.99. The smallest absolute Gasteiger partial charge is 0.307 e. The monoisotopic (exact) mass is 583 g/mol. The molecule has 1 amide bonds. The number of halogens is 1. The van der Waals surface area contributed by atoms with Crippen LogP contribution >= 0.6 is 0 Å². The van der Waals surface area contributed by atoms with Gasteiger partial charge in [0.2, 0.25) is 0 Å². The number of carboxylic acids is 1. The highest BCUT2D eigenvalue weighted by Gasteiger charge is 2.51. The first-order chi connectivity index (χ1) is 20.8. The molecule has 2 N–H and O–H groups in total. The van der Waals surface area contributed by atoms with Crippen LogP contribution < -0.4 is 10.1 Å². The summed E-state index contributed by atoms with van der Waals surface area (Å²) in [6.07, 6.45) is 9.60. The number of carbonyl (C=O) groups excluding carboxylic acids is 1. The molecule has 5 nitrogen and oxygen atoms in total. The Hall–Kier alpha value is -3.67. The lowest BCUT2D eigenvalue weighted by molar-refractivity contribution is -0.141. The van der Waals surface area contributed by atoms with Crippen molar-refractivity contribution in [2.75, 3.05) is 6.61 Å². The van der Waals surface area contributed by atoms with Crippen molar-refractivity contribution in [2.45, 2.75) is 76.7 Å². The van der Waals surface area contributed by atoms with Gasteiger partial charge in [-0.2, -0.15) is 0 Å². The predicted octanol–water partition coefficient (Wildman–Crippen LogP) is 7.50. The van der Waals surface area contributed by atoms with Crippen LogP contribution in [0.1, 0.15) is 84.5 Å². The summed E-state index contributed by atoms with van der Waals surface area (Å²) in [5, 5.41) is 13.0. The van der Waals surface area contributed by atoms with Crippen LogP contribution in [0.15, 0.2) is 66.7 Å². The minimum atomic E-state index is -0.900. The zero-order valence-corrected chi connectivity index (χ0v) is 25.0. The highest BCUT2D eigenvalue weighted by atomic mass is 19.1. The second kappa shape index (κ2) is 12.5. The zero-order valence-electron chi connectivity index (χ0n) is 25.0. The van der Waals surface area contributed by atoms with Crippen LogP contribution in [0.4, 0.5) is 4.39 Å². The molecular formula is C37H42FNO4. The minimum Gasteiger partial charge on any atom is -0.493 e. The van der Waals surface area contributed by atoms with Gasteiger partial charge in [0.25, 0.3) is 5.91 Å². The molecule has 3 aromatic carbocycles. The molecule has 0 radical (unpaired) electrons. The second-order valence-electron chi connectivity index (χ2n) is 13.3. The fourth-order valence-corrected chi connectivity index (χ4v) is 8.40. The minimum absolute atomic E-state index is 0.136. The van der Waals surface area contributed by atoms with Gasteiger partial charge in [0.15, 0.2) is 0 Å². The Bertz CT molecular complexity index is 1410. The number of hydrogen-bond acceptors (Lipinski definition) is 3. The van der Waals surface area contributed by atoms with Crippen LogP contribution in [0, 0.1) is 29.5 Å². The molecule has 1 atom stereocenters. The normalized spacial score (nSPS) is 24.5. The number of aliphatic carboxylic acids is 1. The lowest BCUT2D eigenvalue weighted by Crippen LogP contribution is -2.48. The Morgan fingerprint density at radius 2 is 1.51 bits per heavy atom. The standard InChI is InChI=1S/C37H42FNO4/c1-2-13-43-34-12-5-25(18-30(36(41)42)17-24-3-10-33(38)11-4-24)19-31(34)23-39-35(40)29-6-8-32(9-7-29)37-20-26-14-27(21-37)16-28(15-26)22-37/h3-12,19,26-28,30H,2,13-18,20-23H2,1H3,(H,39,40)(H,41,42). The van der Waals surface area contributed by atoms with E-state index in [2.05, 4.69) is 17.4 Å². The fraction of sp³-hybridized carbons (Fsp3) is 0.459. The molecule has 3 aromatic rings. The summed E-state index contributed by atoms with van der Waals surface area (Å²) in [6, 6.07) is 20.0. The molecule has 6 heteroatoms. The van der Waals surface area contributed by atoms with E-state index >= 15 is 0 Å². The lowest BCUT2D eigenvalue weighted by Gasteiger charge is -2.57. The first-order valence-corrected chi connectivity index (χ1v) is 15.9. The van der Waals surface area contributed by atoms with Gasteiger partial charge >= 0.3 is 5.97 Å². The van der Waals surface area contributed by atoms with Crippen molar-refractivity contribution in [3.05, 3.63) is 100 Å². The molecular weight excluding hydrogens is 541 g/mol. The number of carbonyl (C=O) groups is 2. The van der Waals surface area contributed by atoms with Crippen LogP contribution in [-0.4, -0.2) is 23.6 Å². The van der Waals surface area contributed by atoms with Gasteiger partial charge in [-0.3, -0.25) is 9.59 Å². The first-order valence-electron chi connectivity index (χ1n) is 15.9. The Balaban J connectivity index is 1.13. The van der Waals surface area contributed by atoms with Crippen LogP contribution in [0.2, 0.25) is 0 Å². The number of hydrogen-bond donors (Lipinski definition) is 2. The van der Waals surface area contributed by atoms with Crippen LogP contribution in [0.5, 0.6) is 5.75 Å². The molecule has 4 aliphatic rings. The van der Waals surface area contributed by atoms with Gasteiger partial charge in [-0.15, -0.1) is 0 Å². The summed E-state index contributed by atoms with van der Waals surface area (Å²) in [7, 11) is 0. The maximum absolute atomic E-state index is 13.3. The van der Waals surface area contributed by atoms with Gasteiger partial charge in [-0.05, 0) is 128 Å². The Labute approximate surface area is 253 Å². The predicted molar refractivity (Wildman–Crippen MR) is 165 cm³/mol. The highest BCUT2D eigenvalue weighted by molar-refractivity contribution is 5.94. The number of ether oxygens (including phenoxy) is 1. The molecule has 4 aliphatic carbocycles. The van der Waals surface area contributed by atoms with Crippen molar-refractivity contribution < 1.29 is 23.8 Å². The van der Waals surface area contributed by atoms with Crippen LogP contribution in [0.25, 0.3) is 0 Å². The Kier molecular flexibility index (Phi) is 8.56. The second-order valence-corrected chi connectivity index (χ2v) is 13.3. The molecule has 0 aromatic heterocycles. The van der Waals surface area contributed by atoms with Gasteiger partial charge in [-0.25, -0.2) is 4.39 Å². The van der Waals surface area contributed by atoms with Gasteiger partial charge in [0.05, 0.1) is 12.5 Å². The van der Waals surface area contributed by atoms with E-state index in [4.69, 9.17) is 4.74 Å². The summed E-state index contributed by atoms with van der Waals surface area (Å²) in [6.45, 7) is 2.86. The van der Waals surface area contributed by atoms with Crippen LogP contribution in [-0.2, 0) is 29.6 Å². The number of benzene rings is 3. The number of rotatable bonds is 12. The Morgan fingerprint density at radius 1 is 0.907 bits per heavy atom. The summed E-state index contributed by atoms with van der Waals surface area (Å²) in [5.74, 6) is 1.28. The molecule has 226 valence electrons. The van der Waals surface area contributed by atoms with Gasteiger partial charge in [0, 0.05) is 17.7 Å². The van der Waals surface area contributed by atoms with Crippen molar-refractivity contribution in [3.63, 3.8) is 0 Å². The van der Waals surface area contributed by atoms with Gasteiger partial charge in [-0.1, -0.05) is 43.3 Å². The van der Waals surface area contributed by atoms with E-state index in [0.29, 0.717) is 36.2 Å². The van der Waals surface area contributed by atoms with E-state index in [1.165, 1.54) is 56.2 Å². The van der Waals surface area contributed by atoms with Crippen molar-refractivity contribution in [1.82, 2.24) is 5.32 Å². The van der Waals surface area contributed by atoms with Crippen LogP contribution in [0.3, 0.4) is 0 Å². The third kappa shape index (κ3) is 6.63. The zero-order chi connectivity index (χ0) is 30.0. The van der Waals surface area contributed by atoms with Gasteiger partial charge < -0.3 is 15.2 Å². The molecule has 0 heterocycles. The summed E-state index contributed by atoms with van der Waals surface area (Å²) < 4.78 is 19.3. The molecule has 4 saturated carbocycles. The maximum Gasteiger partial charge on any atom is 0.307 e. The first kappa shape index (κ1) is 29.4. The summed E-state index contributed by atoms with van der Waals surface area (Å²) in [4.78, 5) is 25.3. The third-order valence-electron chi connectivity index (χ3n) is 10.1. The van der Waals surface area contributed by atoms with E-state index in [1.807, 2.05) is 37.3 Å². The number of carboxylic acid groups (broad SMARTS) is 1. The lowest BCUT2D eigenvalue weighted by atomic mass is 9.48. The molecule has 0 spiro atoms. The molecule has 43 heavy (non-hydrogen) atoms. The molecule has 0 saturated heterocycles. The highest BCUT2D eigenvalue weighted by Crippen LogP contribution is 2.60. The van der Waals surface area contributed by atoms with Crippen molar-refractivity contribution in [3.8, 4) is 5.75 Å². The fourth-order valence-electron chi connectivity index (χ4n) is 8.40. The number of amides is 1. The van der Waals surface area contributed by atoms with E-state index in [-0.39, 0.29) is 18.3 Å². The number of nitrogens with one attached hydrogen (secondary N) is 1. The SMILES string of the molecule is CCCOc1ccc(CC(Cc2ccc(F)cc2)C(=O)O)cc1CNC(=O)c1ccc(C23CC4CC(CC(C4)C2)C3)cc1. The summed E-state index contributed by atoms with van der Waals surface area (Å²) >= 11 is 0. The Morgan fingerprint density at radius 3 is 2.12 bits per heavy atom. The topological polar surface area (TPSA) is 75.6 Å². The summed E-state index contributed by atoms with van der Waals surface area (Å²) in [5.41, 5.74) is 4.79. The van der Waals surface area contributed by atoms with E-state index in [1.54, 1.807) is 12.1 Å². The molecule has 4 fully saturated rings. The molecule has 1 unspecified atom stereocenters. The van der Waals surface area contributed by atoms with Crippen molar-refractivity contribution >= 4 is 11.9 Å². The average molecular weight is 584 g/mol. The molecule has 7 rings (SSSR count). The largest absolute Gasteiger partial charge is 0.493 e. The third-order valence-corrected chi connectivity index (χ3v) is 10.1. The van der Waals surface area contributed by atoms with Crippen molar-refractivity contribution in [1.29, 1.82) is 0 Å². The van der Waals surface area contributed by atoms with Crippen molar-refractivity contribution in [2.24, 2.45) is 23.7 Å². The van der Waals surface area contributed by atoms with E-state index in [9.17, 15) is 19.1 Å². The quantitative estimate of drug-likeness (QED) is 0.232. The molecule has 4 bridgehead atoms. The maximum atomic E-state index is 13.3. The molecule has 0 aliphatic heterocycles. The van der Waals surface area contributed by atoms with Gasteiger partial charge in [0.1, 0.15) is 11.6 Å². The van der Waals surface area contributed by atoms with E-state index in [0.717, 1.165) is 40.9 Å². The van der Waals surface area contributed by atoms with E-state index < -0.39 is 11.9 Å².